The van der Waals surface area contributed by atoms with Crippen molar-refractivity contribution in [1.82, 2.24) is 14.9 Å². The number of sulfonamides is 1. The minimum absolute atomic E-state index is 0.0984. The number of nitrogens with one attached hydrogen (secondary N) is 2. The molecule has 0 radical (unpaired) electrons. The first kappa shape index (κ1) is 24.7. The molecule has 1 fully saturated rings. The van der Waals surface area contributed by atoms with Crippen LogP contribution in [0.5, 0.6) is 5.75 Å². The van der Waals surface area contributed by atoms with Crippen molar-refractivity contribution in [2.24, 2.45) is 0 Å². The maximum Gasteiger partial charge on any atom is 0.309 e. The first-order chi connectivity index (χ1) is 15.9. The Morgan fingerprint density at radius 1 is 1.06 bits per heavy atom. The summed E-state index contributed by atoms with van der Waals surface area (Å²) in [5.41, 5.74) is 1.16. The van der Waals surface area contributed by atoms with Gasteiger partial charge in [0.2, 0.25) is 10.0 Å². The molecule has 3 rings (SSSR count). The van der Waals surface area contributed by atoms with Crippen LogP contribution in [0.3, 0.4) is 0 Å². The number of aryl methyl sites for hydroxylation is 1. The molecule has 1 saturated heterocycles. The van der Waals surface area contributed by atoms with E-state index in [1.165, 1.54) is 23.5 Å². The summed E-state index contributed by atoms with van der Waals surface area (Å²) < 4.78 is 38.0. The molecule has 0 bridgehead atoms. The Morgan fingerprint density at radius 3 is 2.45 bits per heavy atom. The molecule has 0 unspecified atom stereocenters. The molecule has 2 aromatic rings. The van der Waals surface area contributed by atoms with E-state index >= 15 is 0 Å². The maximum atomic E-state index is 13.1. The summed E-state index contributed by atoms with van der Waals surface area (Å²) in [6, 6.07) is 15.9. The second kappa shape index (κ2) is 11.8. The molecule has 1 heterocycles. The highest BCUT2D eigenvalue weighted by Crippen LogP contribution is 2.23. The molecule has 9 nitrogen and oxygen atoms in total. The minimum atomic E-state index is -3.85. The number of nitrogens with zero attached hydrogens (tertiary/aromatic N) is 1. The monoisotopic (exact) mass is 475 g/mol. The molecule has 1 aliphatic heterocycles. The zero-order chi connectivity index (χ0) is 23.7. The number of rotatable bonds is 9. The molecule has 0 aromatic heterocycles. The Morgan fingerprint density at radius 2 is 1.76 bits per heavy atom. The van der Waals surface area contributed by atoms with Crippen LogP contribution in [0.1, 0.15) is 18.4 Å². The van der Waals surface area contributed by atoms with Crippen LogP contribution in [0.2, 0.25) is 0 Å². The highest BCUT2D eigenvalue weighted by Gasteiger charge is 2.35. The van der Waals surface area contributed by atoms with Crippen molar-refractivity contribution >= 4 is 21.8 Å². The van der Waals surface area contributed by atoms with Gasteiger partial charge in [0.15, 0.2) is 0 Å². The molecule has 0 spiro atoms. The fourth-order valence-electron chi connectivity index (χ4n) is 3.47. The van der Waals surface area contributed by atoms with Crippen molar-refractivity contribution in [3.8, 4) is 5.75 Å². The maximum absolute atomic E-state index is 13.1. The van der Waals surface area contributed by atoms with Crippen molar-refractivity contribution in [3.05, 3.63) is 60.2 Å². The van der Waals surface area contributed by atoms with Crippen LogP contribution in [-0.2, 0) is 30.8 Å². The van der Waals surface area contributed by atoms with Gasteiger partial charge in [-0.2, -0.15) is 4.31 Å². The SMILES string of the molecule is COc1ccc(S(=O)(=O)N2CCCO[C@H]2CNC(=O)C(=O)NCCCc2ccccc2)cc1. The molecule has 2 N–H and O–H groups in total. The summed E-state index contributed by atoms with van der Waals surface area (Å²) in [6.45, 7) is 0.839. The first-order valence-electron chi connectivity index (χ1n) is 10.8. The number of hydrogen-bond donors (Lipinski definition) is 2. The van der Waals surface area contributed by atoms with Gasteiger partial charge in [0.1, 0.15) is 12.0 Å². The summed E-state index contributed by atoms with van der Waals surface area (Å²) in [5.74, 6) is -1.04. The van der Waals surface area contributed by atoms with E-state index in [4.69, 9.17) is 9.47 Å². The van der Waals surface area contributed by atoms with Gasteiger partial charge in [0, 0.05) is 13.1 Å². The van der Waals surface area contributed by atoms with Gasteiger partial charge < -0.3 is 20.1 Å². The van der Waals surface area contributed by atoms with Gasteiger partial charge in [-0.15, -0.1) is 0 Å². The van der Waals surface area contributed by atoms with Crippen LogP contribution in [0.25, 0.3) is 0 Å². The summed E-state index contributed by atoms with van der Waals surface area (Å²) in [7, 11) is -2.35. The van der Waals surface area contributed by atoms with Gasteiger partial charge in [-0.25, -0.2) is 8.42 Å². The van der Waals surface area contributed by atoms with E-state index < -0.39 is 28.1 Å². The molecular weight excluding hydrogens is 446 g/mol. The van der Waals surface area contributed by atoms with Crippen molar-refractivity contribution in [3.63, 3.8) is 0 Å². The number of ether oxygens (including phenoxy) is 2. The highest BCUT2D eigenvalue weighted by molar-refractivity contribution is 7.89. The van der Waals surface area contributed by atoms with Crippen LogP contribution in [-0.4, -0.2) is 64.1 Å². The van der Waals surface area contributed by atoms with Gasteiger partial charge in [-0.05, 0) is 49.1 Å². The van der Waals surface area contributed by atoms with Crippen molar-refractivity contribution in [1.29, 1.82) is 0 Å². The lowest BCUT2D eigenvalue weighted by atomic mass is 10.1. The van der Waals surface area contributed by atoms with Crippen molar-refractivity contribution < 1.29 is 27.5 Å². The van der Waals surface area contributed by atoms with Crippen LogP contribution in [0.15, 0.2) is 59.5 Å². The predicted octanol–water partition coefficient (Wildman–Crippen LogP) is 1.30. The number of amides is 2. The fourth-order valence-corrected chi connectivity index (χ4v) is 5.03. The highest BCUT2D eigenvalue weighted by atomic mass is 32.2. The molecule has 2 aromatic carbocycles. The number of methoxy groups -OCH3 is 1. The number of carbonyl (C=O) groups is 2. The van der Waals surface area contributed by atoms with E-state index in [0.29, 0.717) is 31.7 Å². The Labute approximate surface area is 194 Å². The molecule has 178 valence electrons. The molecule has 0 aliphatic carbocycles. The third-order valence-corrected chi connectivity index (χ3v) is 7.14. The molecule has 10 heteroatoms. The van der Waals surface area contributed by atoms with E-state index in [1.807, 2.05) is 30.3 Å². The van der Waals surface area contributed by atoms with E-state index in [9.17, 15) is 18.0 Å². The lowest BCUT2D eigenvalue weighted by Crippen LogP contribution is -2.53. The molecule has 2 amide bonds. The number of hydrogen-bond acceptors (Lipinski definition) is 6. The van der Waals surface area contributed by atoms with Crippen LogP contribution in [0.4, 0.5) is 0 Å². The zero-order valence-electron chi connectivity index (χ0n) is 18.5. The minimum Gasteiger partial charge on any atom is -0.497 e. The number of carbonyl (C=O) groups excluding carboxylic acids is 2. The van der Waals surface area contributed by atoms with Crippen molar-refractivity contribution in [2.45, 2.75) is 30.4 Å². The quantitative estimate of drug-likeness (QED) is 0.417. The van der Waals surface area contributed by atoms with Crippen LogP contribution >= 0.6 is 0 Å². The third kappa shape index (κ3) is 6.77. The molecule has 1 atom stereocenters. The Balaban J connectivity index is 1.50. The summed E-state index contributed by atoms with van der Waals surface area (Å²) in [4.78, 5) is 24.4. The van der Waals surface area contributed by atoms with Crippen LogP contribution in [0, 0.1) is 0 Å². The van der Waals surface area contributed by atoms with Crippen LogP contribution < -0.4 is 15.4 Å². The Kier molecular flexibility index (Phi) is 8.81. The van der Waals surface area contributed by atoms with E-state index in [0.717, 1.165) is 12.0 Å². The fraction of sp³-hybridized carbons (Fsp3) is 0.391. The van der Waals surface area contributed by atoms with Crippen molar-refractivity contribution in [2.75, 3.05) is 33.4 Å². The van der Waals surface area contributed by atoms with Gasteiger partial charge in [0.25, 0.3) is 0 Å². The summed E-state index contributed by atoms with van der Waals surface area (Å²) in [5, 5.41) is 5.06. The lowest BCUT2D eigenvalue weighted by Gasteiger charge is -2.34. The standard InChI is InChI=1S/C23H29N3O6S/c1-31-19-10-12-20(13-11-19)33(29,30)26-15-6-16-32-21(26)17-25-23(28)22(27)24-14-5-9-18-7-3-2-4-8-18/h2-4,7-8,10-13,21H,5-6,9,14-17H2,1H3,(H,24,27)(H,25,28)/t21-/m0/s1. The molecule has 0 saturated carbocycles. The average Bonchev–Trinajstić information content (AvgIpc) is 2.85. The topological polar surface area (TPSA) is 114 Å². The van der Waals surface area contributed by atoms with E-state index in [2.05, 4.69) is 10.6 Å². The zero-order valence-corrected chi connectivity index (χ0v) is 19.3. The second-order valence-electron chi connectivity index (χ2n) is 7.53. The third-order valence-electron chi connectivity index (χ3n) is 5.23. The predicted molar refractivity (Wildman–Crippen MR) is 122 cm³/mol. The second-order valence-corrected chi connectivity index (χ2v) is 9.42. The van der Waals surface area contributed by atoms with Gasteiger partial charge in [-0.1, -0.05) is 30.3 Å². The smallest absolute Gasteiger partial charge is 0.309 e. The number of benzene rings is 2. The largest absolute Gasteiger partial charge is 0.497 e. The Hall–Kier alpha value is -2.95. The normalized spacial score (nSPS) is 16.7. The van der Waals surface area contributed by atoms with Gasteiger partial charge in [-0.3, -0.25) is 9.59 Å². The summed E-state index contributed by atoms with van der Waals surface area (Å²) >= 11 is 0. The molecular formula is C23H29N3O6S. The average molecular weight is 476 g/mol. The van der Waals surface area contributed by atoms with Gasteiger partial charge >= 0.3 is 11.8 Å². The molecule has 1 aliphatic rings. The lowest BCUT2D eigenvalue weighted by molar-refractivity contribution is -0.140. The Bertz CT molecular complexity index is 1030. The molecule has 33 heavy (non-hydrogen) atoms. The van der Waals surface area contributed by atoms with Gasteiger partial charge in [0.05, 0.1) is 25.2 Å². The van der Waals surface area contributed by atoms with E-state index in [-0.39, 0.29) is 18.0 Å². The van der Waals surface area contributed by atoms with E-state index in [1.54, 1.807) is 12.1 Å². The summed E-state index contributed by atoms with van der Waals surface area (Å²) in [6.07, 6.45) is 1.11. The first-order valence-corrected chi connectivity index (χ1v) is 12.2.